The third-order valence-corrected chi connectivity index (χ3v) is 4.80. The van der Waals surface area contributed by atoms with Crippen LogP contribution in [0.25, 0.3) is 0 Å². The molecule has 21 heavy (non-hydrogen) atoms. The van der Waals surface area contributed by atoms with Crippen LogP contribution in [-0.4, -0.2) is 32.5 Å². The van der Waals surface area contributed by atoms with Crippen LogP contribution in [0.3, 0.4) is 0 Å². The summed E-state index contributed by atoms with van der Waals surface area (Å²) in [7, 11) is 1.96. The molecule has 2 heterocycles. The summed E-state index contributed by atoms with van der Waals surface area (Å²) in [6.45, 7) is 4.19. The first-order valence-electron chi connectivity index (χ1n) is 7.78. The highest BCUT2D eigenvalue weighted by atomic mass is 19.1. The maximum absolute atomic E-state index is 13.7. The maximum atomic E-state index is 13.7. The molecule has 1 aromatic carbocycles. The summed E-state index contributed by atoms with van der Waals surface area (Å²) in [6, 6.07) is 5.48. The van der Waals surface area contributed by atoms with Gasteiger partial charge in [0.25, 0.3) is 0 Å². The van der Waals surface area contributed by atoms with Crippen molar-refractivity contribution < 1.29 is 13.9 Å². The van der Waals surface area contributed by atoms with Crippen molar-refractivity contribution in [1.29, 1.82) is 0 Å². The number of halogens is 1. The zero-order chi connectivity index (χ0) is 14.9. The Balaban J connectivity index is 1.82. The highest BCUT2D eigenvalue weighted by Gasteiger charge is 2.43. The van der Waals surface area contributed by atoms with E-state index in [0.29, 0.717) is 12.5 Å². The Kier molecular flexibility index (Phi) is 4.29. The van der Waals surface area contributed by atoms with Crippen LogP contribution in [0.1, 0.15) is 36.4 Å². The molecule has 3 atom stereocenters. The van der Waals surface area contributed by atoms with E-state index in [9.17, 15) is 4.39 Å². The average Bonchev–Trinajstić information content (AvgIpc) is 2.86. The topological polar surface area (TPSA) is 30.5 Å². The fraction of sp³-hybridized carbons (Fsp3) is 0.647. The summed E-state index contributed by atoms with van der Waals surface area (Å²) in [5, 5.41) is 3.39. The van der Waals surface area contributed by atoms with Gasteiger partial charge in [0.15, 0.2) is 0 Å². The molecule has 0 saturated carbocycles. The number of nitrogens with one attached hydrogen (secondary N) is 1. The molecule has 1 spiro atoms. The highest BCUT2D eigenvalue weighted by Crippen LogP contribution is 2.41. The van der Waals surface area contributed by atoms with Crippen molar-refractivity contribution >= 4 is 0 Å². The zero-order valence-electron chi connectivity index (χ0n) is 12.8. The number of aryl methyl sites for hydroxylation is 1. The lowest BCUT2D eigenvalue weighted by atomic mass is 9.79. The van der Waals surface area contributed by atoms with Crippen molar-refractivity contribution in [3.05, 3.63) is 35.1 Å². The molecule has 2 aliphatic heterocycles. The molecular formula is C17H24FNO2. The predicted octanol–water partition coefficient (Wildman–Crippen LogP) is 2.98. The van der Waals surface area contributed by atoms with Gasteiger partial charge < -0.3 is 14.8 Å². The molecule has 3 nitrogen and oxygen atoms in total. The quantitative estimate of drug-likeness (QED) is 0.929. The Morgan fingerprint density at radius 2 is 2.19 bits per heavy atom. The second-order valence-electron chi connectivity index (χ2n) is 6.42. The monoisotopic (exact) mass is 293 g/mol. The summed E-state index contributed by atoms with van der Waals surface area (Å²) in [5.74, 6) is 0.294. The van der Waals surface area contributed by atoms with E-state index in [2.05, 4.69) is 11.4 Å². The number of benzene rings is 1. The first-order valence-corrected chi connectivity index (χ1v) is 7.78. The second kappa shape index (κ2) is 6.03. The van der Waals surface area contributed by atoms with E-state index in [1.54, 1.807) is 12.1 Å². The van der Waals surface area contributed by atoms with Gasteiger partial charge in [-0.25, -0.2) is 4.39 Å². The minimum Gasteiger partial charge on any atom is -0.378 e. The van der Waals surface area contributed by atoms with Crippen molar-refractivity contribution in [2.75, 3.05) is 26.9 Å². The lowest BCUT2D eigenvalue weighted by Gasteiger charge is -2.40. The van der Waals surface area contributed by atoms with Gasteiger partial charge in [0, 0.05) is 25.7 Å². The third-order valence-electron chi connectivity index (χ3n) is 4.80. The van der Waals surface area contributed by atoms with Crippen molar-refractivity contribution in [2.24, 2.45) is 5.92 Å². The Morgan fingerprint density at radius 1 is 1.33 bits per heavy atom. The molecule has 2 saturated heterocycles. The average molecular weight is 293 g/mol. The van der Waals surface area contributed by atoms with Crippen molar-refractivity contribution in [3.8, 4) is 0 Å². The molecule has 2 aliphatic rings. The molecule has 1 aromatic rings. The smallest absolute Gasteiger partial charge is 0.123 e. The molecule has 3 unspecified atom stereocenters. The van der Waals surface area contributed by atoms with Gasteiger partial charge in [0.05, 0.1) is 12.2 Å². The van der Waals surface area contributed by atoms with E-state index in [0.717, 1.165) is 43.6 Å². The number of hydrogen-bond donors (Lipinski definition) is 1. The first-order chi connectivity index (χ1) is 10.1. The molecule has 0 amide bonds. The lowest BCUT2D eigenvalue weighted by molar-refractivity contribution is -0.103. The molecule has 4 heteroatoms. The largest absolute Gasteiger partial charge is 0.378 e. The summed E-state index contributed by atoms with van der Waals surface area (Å²) < 4.78 is 25.3. The van der Waals surface area contributed by atoms with E-state index in [1.165, 1.54) is 0 Å². The Hall–Kier alpha value is -0.970. The summed E-state index contributed by atoms with van der Waals surface area (Å²) >= 11 is 0. The van der Waals surface area contributed by atoms with Crippen LogP contribution >= 0.6 is 0 Å². The molecule has 3 rings (SSSR count). The van der Waals surface area contributed by atoms with E-state index in [-0.39, 0.29) is 17.5 Å². The first kappa shape index (κ1) is 14.9. The standard InChI is InChI=1S/C17H24FNO2/c1-12-7-14(9-15(18)8-12)16(19-2)13-3-5-21-17(10-13)4-6-20-11-17/h7-9,13,16,19H,3-6,10-11H2,1-2H3. The molecule has 1 N–H and O–H groups in total. The van der Waals surface area contributed by atoms with Gasteiger partial charge >= 0.3 is 0 Å². The van der Waals surface area contributed by atoms with E-state index in [1.807, 2.05) is 14.0 Å². The van der Waals surface area contributed by atoms with E-state index < -0.39 is 0 Å². The molecule has 0 radical (unpaired) electrons. The zero-order valence-corrected chi connectivity index (χ0v) is 12.8. The van der Waals surface area contributed by atoms with Gasteiger partial charge in [-0.3, -0.25) is 0 Å². The number of hydrogen-bond acceptors (Lipinski definition) is 3. The van der Waals surface area contributed by atoms with Crippen LogP contribution in [-0.2, 0) is 9.47 Å². The normalized spacial score (nSPS) is 30.7. The van der Waals surface area contributed by atoms with Gasteiger partial charge in [-0.15, -0.1) is 0 Å². The maximum Gasteiger partial charge on any atom is 0.123 e. The fourth-order valence-corrected chi connectivity index (χ4v) is 3.83. The molecule has 2 fully saturated rings. The lowest BCUT2D eigenvalue weighted by Crippen LogP contribution is -2.43. The van der Waals surface area contributed by atoms with Crippen LogP contribution in [0, 0.1) is 18.7 Å². The minimum absolute atomic E-state index is 0.111. The summed E-state index contributed by atoms with van der Waals surface area (Å²) in [5.41, 5.74) is 1.90. The fourth-order valence-electron chi connectivity index (χ4n) is 3.83. The molecule has 116 valence electrons. The van der Waals surface area contributed by atoms with Crippen molar-refractivity contribution in [3.63, 3.8) is 0 Å². The van der Waals surface area contributed by atoms with Crippen molar-refractivity contribution in [2.45, 2.75) is 37.8 Å². The van der Waals surface area contributed by atoms with Gasteiger partial charge in [-0.2, -0.15) is 0 Å². The summed E-state index contributed by atoms with van der Waals surface area (Å²) in [4.78, 5) is 0. The molecule has 0 aromatic heterocycles. The third kappa shape index (κ3) is 3.12. The van der Waals surface area contributed by atoms with Gasteiger partial charge in [0.2, 0.25) is 0 Å². The van der Waals surface area contributed by atoms with Crippen LogP contribution in [0.2, 0.25) is 0 Å². The number of rotatable bonds is 3. The number of ether oxygens (including phenoxy) is 2. The summed E-state index contributed by atoms with van der Waals surface area (Å²) in [6.07, 6.45) is 2.96. The predicted molar refractivity (Wildman–Crippen MR) is 79.8 cm³/mol. The van der Waals surface area contributed by atoms with Crippen molar-refractivity contribution in [1.82, 2.24) is 5.32 Å². The highest BCUT2D eigenvalue weighted by molar-refractivity contribution is 5.27. The van der Waals surface area contributed by atoms with Gasteiger partial charge in [-0.1, -0.05) is 6.07 Å². The second-order valence-corrected chi connectivity index (χ2v) is 6.42. The minimum atomic E-state index is -0.156. The Morgan fingerprint density at radius 3 is 2.86 bits per heavy atom. The Bertz CT molecular complexity index is 479. The van der Waals surface area contributed by atoms with E-state index >= 15 is 0 Å². The van der Waals surface area contributed by atoms with E-state index in [4.69, 9.17) is 9.47 Å². The molecule has 0 bridgehead atoms. The van der Waals surface area contributed by atoms with Crippen LogP contribution in [0.5, 0.6) is 0 Å². The van der Waals surface area contributed by atoms with Gasteiger partial charge in [-0.05, 0) is 56.0 Å². The Labute approximate surface area is 125 Å². The van der Waals surface area contributed by atoms with Gasteiger partial charge in [0.1, 0.15) is 5.82 Å². The van der Waals surface area contributed by atoms with Crippen LogP contribution < -0.4 is 5.32 Å². The molecule has 0 aliphatic carbocycles. The SMILES string of the molecule is CNC(c1cc(C)cc(F)c1)C1CCOC2(CCOC2)C1. The van der Waals surface area contributed by atoms with Crippen LogP contribution in [0.15, 0.2) is 18.2 Å². The van der Waals surface area contributed by atoms with Crippen LogP contribution in [0.4, 0.5) is 4.39 Å². The molecular weight excluding hydrogens is 269 g/mol.